The van der Waals surface area contributed by atoms with E-state index in [1.54, 1.807) is 19.9 Å². The summed E-state index contributed by atoms with van der Waals surface area (Å²) in [6.07, 6.45) is 1.39. The molecule has 1 aliphatic carbocycles. The van der Waals surface area contributed by atoms with Crippen LogP contribution < -0.4 is 0 Å². The van der Waals surface area contributed by atoms with E-state index in [9.17, 15) is 41.5 Å². The molecule has 1 atom stereocenters. The van der Waals surface area contributed by atoms with Gasteiger partial charge < -0.3 is 20.2 Å². The standard InChI is InChI=1S/C34H46F5NO4S/c1-33(2,43)23-40(17-9-19-45(44)18-8-15-34(37,38)39)16-6-4-3-5-11-27-26(25-13-14-29(35)31(41)21-25)12-7-10-24-20-32(42)30(36)22-28(24)27/h13-14,20-22,41-43H,3-12,15-19,23H2,1-2H3. The lowest BCUT2D eigenvalue weighted by Crippen LogP contribution is -2.40. The number of hydrogen-bond donors (Lipinski definition) is 3. The first kappa shape index (κ1) is 37.0. The molecule has 1 unspecified atom stereocenters. The monoisotopic (exact) mass is 659 g/mol. The quantitative estimate of drug-likeness (QED) is 0.118. The van der Waals surface area contributed by atoms with Crippen LogP contribution in [0.25, 0.3) is 11.1 Å². The Kier molecular flexibility index (Phi) is 13.9. The van der Waals surface area contributed by atoms with Crippen LogP contribution in [0.3, 0.4) is 0 Å². The number of rotatable bonds is 17. The summed E-state index contributed by atoms with van der Waals surface area (Å²) in [6, 6.07) is 7.10. The summed E-state index contributed by atoms with van der Waals surface area (Å²) in [5.74, 6) is -1.89. The number of aliphatic hydroxyl groups is 1. The van der Waals surface area contributed by atoms with Gasteiger partial charge in [0.05, 0.1) is 5.60 Å². The molecule has 0 aliphatic heterocycles. The molecule has 2 aromatic rings. The van der Waals surface area contributed by atoms with Crippen molar-refractivity contribution >= 4 is 21.9 Å². The zero-order valence-electron chi connectivity index (χ0n) is 26.2. The molecule has 0 amide bonds. The smallest absolute Gasteiger partial charge is 0.389 e. The van der Waals surface area contributed by atoms with Crippen LogP contribution in [-0.4, -0.2) is 67.3 Å². The Morgan fingerprint density at radius 3 is 2.20 bits per heavy atom. The number of alkyl halides is 3. The Labute approximate surface area is 265 Å². The van der Waals surface area contributed by atoms with E-state index in [0.717, 1.165) is 54.4 Å². The summed E-state index contributed by atoms with van der Waals surface area (Å²) >= 11 is 0. The number of nitrogens with zero attached hydrogens (tertiary/aromatic N) is 1. The van der Waals surface area contributed by atoms with Crippen molar-refractivity contribution < 1.29 is 41.5 Å². The lowest BCUT2D eigenvalue weighted by molar-refractivity contribution is -0.134. The summed E-state index contributed by atoms with van der Waals surface area (Å²) in [4.78, 5) is 2.10. The van der Waals surface area contributed by atoms with Gasteiger partial charge in [0, 0.05) is 35.3 Å². The highest BCUT2D eigenvalue weighted by Crippen LogP contribution is 2.41. The van der Waals surface area contributed by atoms with Crippen LogP contribution in [0.2, 0.25) is 0 Å². The lowest BCUT2D eigenvalue weighted by Gasteiger charge is -2.29. The Bertz CT molecular complexity index is 1320. The predicted octanol–water partition coefficient (Wildman–Crippen LogP) is 8.13. The van der Waals surface area contributed by atoms with Gasteiger partial charge in [-0.3, -0.25) is 4.21 Å². The van der Waals surface area contributed by atoms with E-state index in [-0.39, 0.29) is 17.9 Å². The minimum Gasteiger partial charge on any atom is -0.505 e. The van der Waals surface area contributed by atoms with Crippen molar-refractivity contribution in [3.05, 3.63) is 58.7 Å². The van der Waals surface area contributed by atoms with Crippen molar-refractivity contribution in [1.29, 1.82) is 0 Å². The largest absolute Gasteiger partial charge is 0.505 e. The third-order valence-corrected chi connectivity index (χ3v) is 9.46. The molecule has 3 rings (SSSR count). The Hall–Kier alpha value is -2.50. The third kappa shape index (κ3) is 12.7. The van der Waals surface area contributed by atoms with Crippen molar-refractivity contribution in [3.63, 3.8) is 0 Å². The maximum atomic E-state index is 14.5. The molecule has 0 fully saturated rings. The first-order valence-corrected chi connectivity index (χ1v) is 17.2. The van der Waals surface area contributed by atoms with E-state index < -0.39 is 46.4 Å². The Balaban J connectivity index is 1.58. The van der Waals surface area contributed by atoms with E-state index in [2.05, 4.69) is 4.90 Å². The number of benzene rings is 2. The molecule has 0 aromatic heterocycles. The van der Waals surface area contributed by atoms with Gasteiger partial charge in [-0.15, -0.1) is 0 Å². The number of aryl methyl sites for hydroxylation is 1. The highest BCUT2D eigenvalue weighted by Gasteiger charge is 2.26. The highest BCUT2D eigenvalue weighted by molar-refractivity contribution is 7.84. The van der Waals surface area contributed by atoms with Gasteiger partial charge >= 0.3 is 6.18 Å². The second-order valence-electron chi connectivity index (χ2n) is 12.6. The van der Waals surface area contributed by atoms with Crippen molar-refractivity contribution in [3.8, 4) is 11.5 Å². The van der Waals surface area contributed by atoms with Gasteiger partial charge in [-0.2, -0.15) is 13.2 Å². The van der Waals surface area contributed by atoms with Gasteiger partial charge in [0.2, 0.25) is 0 Å². The zero-order chi connectivity index (χ0) is 33.2. The fourth-order valence-corrected chi connectivity index (χ4v) is 7.08. The molecule has 3 N–H and O–H groups in total. The molecule has 11 heteroatoms. The minimum absolute atomic E-state index is 0.0315. The number of halogens is 5. The van der Waals surface area contributed by atoms with Gasteiger partial charge in [-0.05, 0) is 130 Å². The lowest BCUT2D eigenvalue weighted by atomic mass is 9.88. The average molecular weight is 660 g/mol. The SMILES string of the molecule is CC(C)(O)CN(CCCCCCC1=C(c2ccc(F)c(O)c2)CCCc2cc(O)c(F)cc21)CCCS(=O)CCCC(F)(F)F. The Morgan fingerprint density at radius 1 is 0.844 bits per heavy atom. The van der Waals surface area contributed by atoms with E-state index in [1.165, 1.54) is 24.3 Å². The minimum atomic E-state index is -4.23. The van der Waals surface area contributed by atoms with Crippen LogP contribution in [0.4, 0.5) is 22.0 Å². The number of fused-ring (bicyclic) bond motifs is 1. The molecule has 0 spiro atoms. The average Bonchev–Trinajstić information content (AvgIpc) is 3.09. The predicted molar refractivity (Wildman–Crippen MR) is 169 cm³/mol. The topological polar surface area (TPSA) is 81.0 Å². The van der Waals surface area contributed by atoms with Crippen LogP contribution in [-0.2, 0) is 17.2 Å². The van der Waals surface area contributed by atoms with E-state index in [1.807, 2.05) is 0 Å². The van der Waals surface area contributed by atoms with Crippen LogP contribution in [0.1, 0.15) is 94.7 Å². The highest BCUT2D eigenvalue weighted by atomic mass is 32.2. The van der Waals surface area contributed by atoms with E-state index in [0.29, 0.717) is 56.6 Å². The second kappa shape index (κ2) is 16.9. The van der Waals surface area contributed by atoms with Crippen molar-refractivity contribution in [2.24, 2.45) is 0 Å². The van der Waals surface area contributed by atoms with Crippen molar-refractivity contribution in [1.82, 2.24) is 4.90 Å². The molecular weight excluding hydrogens is 613 g/mol. The van der Waals surface area contributed by atoms with Crippen molar-refractivity contribution in [2.75, 3.05) is 31.1 Å². The molecule has 0 heterocycles. The van der Waals surface area contributed by atoms with Gasteiger partial charge in [-0.25, -0.2) is 8.78 Å². The first-order chi connectivity index (χ1) is 21.1. The van der Waals surface area contributed by atoms with Gasteiger partial charge in [0.25, 0.3) is 0 Å². The fourth-order valence-electron chi connectivity index (χ4n) is 5.96. The van der Waals surface area contributed by atoms with E-state index >= 15 is 0 Å². The number of unbranched alkanes of at least 4 members (excludes halogenated alkanes) is 3. The molecule has 2 aromatic carbocycles. The number of aromatic hydroxyl groups is 2. The van der Waals surface area contributed by atoms with Crippen molar-refractivity contribution in [2.45, 2.75) is 96.3 Å². The van der Waals surface area contributed by atoms with Crippen LogP contribution >= 0.6 is 0 Å². The normalized spacial score (nSPS) is 15.0. The van der Waals surface area contributed by atoms with Crippen LogP contribution in [0.15, 0.2) is 30.3 Å². The maximum Gasteiger partial charge on any atom is 0.389 e. The van der Waals surface area contributed by atoms with Crippen LogP contribution in [0.5, 0.6) is 11.5 Å². The summed E-state index contributed by atoms with van der Waals surface area (Å²) in [5, 5.41) is 30.4. The molecule has 0 saturated carbocycles. The molecular formula is C34H46F5NO4S. The first-order valence-electron chi connectivity index (χ1n) is 15.7. The molecule has 0 bridgehead atoms. The number of phenols is 2. The molecule has 45 heavy (non-hydrogen) atoms. The van der Waals surface area contributed by atoms with Gasteiger partial charge in [0.1, 0.15) is 0 Å². The Morgan fingerprint density at radius 2 is 1.51 bits per heavy atom. The number of phenolic OH excluding ortho intramolecular Hbond substituents is 2. The summed E-state index contributed by atoms with van der Waals surface area (Å²) < 4.78 is 77.6. The van der Waals surface area contributed by atoms with Gasteiger partial charge in [-0.1, -0.05) is 18.9 Å². The molecule has 252 valence electrons. The molecule has 0 saturated heterocycles. The second-order valence-corrected chi connectivity index (χ2v) is 14.3. The summed E-state index contributed by atoms with van der Waals surface area (Å²) in [5.41, 5.74) is 3.21. The van der Waals surface area contributed by atoms with Crippen LogP contribution in [0, 0.1) is 11.6 Å². The number of hydrogen-bond acceptors (Lipinski definition) is 5. The summed E-state index contributed by atoms with van der Waals surface area (Å²) in [6.45, 7) is 5.15. The number of allylic oxidation sites excluding steroid dienone is 2. The molecule has 0 radical (unpaired) electrons. The van der Waals surface area contributed by atoms with Gasteiger partial charge in [0.15, 0.2) is 23.1 Å². The molecule has 5 nitrogen and oxygen atoms in total. The third-order valence-electron chi connectivity index (χ3n) is 7.97. The fraction of sp³-hybridized carbons (Fsp3) is 0.588. The van der Waals surface area contributed by atoms with E-state index in [4.69, 9.17) is 0 Å². The maximum absolute atomic E-state index is 14.5. The zero-order valence-corrected chi connectivity index (χ0v) is 27.0. The molecule has 1 aliphatic rings. The summed E-state index contributed by atoms with van der Waals surface area (Å²) in [7, 11) is -1.31.